The Labute approximate surface area is 98.3 Å². The number of hydrogen-bond donors (Lipinski definition) is 0. The van der Waals surface area contributed by atoms with Crippen LogP contribution < -0.4 is 4.74 Å². The van der Waals surface area contributed by atoms with Gasteiger partial charge in [0.25, 0.3) is 0 Å². The number of nitrogens with zero attached hydrogens (tertiary/aromatic N) is 2. The SMILES string of the molecule is O=Cc1ccnc(C2COc3ccccc32)n1. The van der Waals surface area contributed by atoms with Gasteiger partial charge in [0, 0.05) is 11.8 Å². The molecule has 0 amide bonds. The Morgan fingerprint density at radius 3 is 3.06 bits per heavy atom. The van der Waals surface area contributed by atoms with Gasteiger partial charge in [0.05, 0.1) is 5.92 Å². The average Bonchev–Trinajstić information content (AvgIpc) is 2.82. The van der Waals surface area contributed by atoms with E-state index in [0.29, 0.717) is 18.1 Å². The van der Waals surface area contributed by atoms with Gasteiger partial charge in [-0.15, -0.1) is 0 Å². The minimum atomic E-state index is 0.0195. The number of aromatic nitrogens is 2. The Morgan fingerprint density at radius 2 is 2.18 bits per heavy atom. The largest absolute Gasteiger partial charge is 0.492 e. The lowest BCUT2D eigenvalue weighted by molar-refractivity contribution is 0.111. The summed E-state index contributed by atoms with van der Waals surface area (Å²) in [5.41, 5.74) is 1.48. The number of benzene rings is 1. The predicted molar refractivity (Wildman–Crippen MR) is 61.2 cm³/mol. The minimum Gasteiger partial charge on any atom is -0.492 e. The standard InChI is InChI=1S/C13H10N2O2/c16-7-9-5-6-14-13(15-9)11-8-17-12-4-2-1-3-10(11)12/h1-7,11H,8H2. The summed E-state index contributed by atoms with van der Waals surface area (Å²) in [6.07, 6.45) is 2.33. The van der Waals surface area contributed by atoms with Crippen LogP contribution >= 0.6 is 0 Å². The highest BCUT2D eigenvalue weighted by molar-refractivity contribution is 5.71. The normalized spacial score (nSPS) is 17.3. The van der Waals surface area contributed by atoms with E-state index in [4.69, 9.17) is 4.74 Å². The van der Waals surface area contributed by atoms with Crippen molar-refractivity contribution in [3.63, 3.8) is 0 Å². The van der Waals surface area contributed by atoms with E-state index in [0.717, 1.165) is 17.6 Å². The van der Waals surface area contributed by atoms with Crippen LogP contribution in [0.2, 0.25) is 0 Å². The first-order chi connectivity index (χ1) is 8.38. The van der Waals surface area contributed by atoms with Crippen LogP contribution in [0.1, 0.15) is 27.8 Å². The summed E-state index contributed by atoms with van der Waals surface area (Å²) in [5, 5.41) is 0. The molecule has 0 saturated heterocycles. The molecule has 84 valence electrons. The van der Waals surface area contributed by atoms with E-state index in [9.17, 15) is 4.79 Å². The monoisotopic (exact) mass is 226 g/mol. The lowest BCUT2D eigenvalue weighted by atomic mass is 10.0. The molecule has 0 radical (unpaired) electrons. The third-order valence-electron chi connectivity index (χ3n) is 2.83. The van der Waals surface area contributed by atoms with Gasteiger partial charge in [0.1, 0.15) is 23.9 Å². The Morgan fingerprint density at radius 1 is 1.29 bits per heavy atom. The van der Waals surface area contributed by atoms with Crippen molar-refractivity contribution >= 4 is 6.29 Å². The van der Waals surface area contributed by atoms with E-state index in [-0.39, 0.29) is 5.92 Å². The number of carbonyl (C=O) groups is 1. The molecule has 1 unspecified atom stereocenters. The molecule has 1 aliphatic heterocycles. The lowest BCUT2D eigenvalue weighted by Crippen LogP contribution is -2.08. The molecule has 0 saturated carbocycles. The molecular weight excluding hydrogens is 216 g/mol. The number of hydrogen-bond acceptors (Lipinski definition) is 4. The van der Waals surface area contributed by atoms with Crippen LogP contribution in [0.25, 0.3) is 0 Å². The fourth-order valence-corrected chi connectivity index (χ4v) is 2.00. The van der Waals surface area contributed by atoms with E-state index in [2.05, 4.69) is 9.97 Å². The maximum absolute atomic E-state index is 10.7. The number of rotatable bonds is 2. The van der Waals surface area contributed by atoms with Gasteiger partial charge in [0.15, 0.2) is 6.29 Å². The fraction of sp³-hybridized carbons (Fsp3) is 0.154. The third-order valence-corrected chi connectivity index (χ3v) is 2.83. The first kappa shape index (κ1) is 9.96. The Hall–Kier alpha value is -2.23. The topological polar surface area (TPSA) is 52.1 Å². The average molecular weight is 226 g/mol. The van der Waals surface area contributed by atoms with Crippen molar-refractivity contribution in [2.24, 2.45) is 0 Å². The van der Waals surface area contributed by atoms with Gasteiger partial charge in [0.2, 0.25) is 0 Å². The van der Waals surface area contributed by atoms with Gasteiger partial charge in [-0.05, 0) is 12.1 Å². The van der Waals surface area contributed by atoms with Crippen LogP contribution in [-0.4, -0.2) is 22.9 Å². The molecule has 0 bridgehead atoms. The second-order valence-corrected chi connectivity index (χ2v) is 3.86. The smallest absolute Gasteiger partial charge is 0.168 e. The highest BCUT2D eigenvalue weighted by atomic mass is 16.5. The highest BCUT2D eigenvalue weighted by Crippen LogP contribution is 2.36. The van der Waals surface area contributed by atoms with Gasteiger partial charge in [-0.1, -0.05) is 18.2 Å². The number of para-hydroxylation sites is 1. The van der Waals surface area contributed by atoms with Crippen LogP contribution in [0.5, 0.6) is 5.75 Å². The maximum atomic E-state index is 10.7. The molecule has 0 aliphatic carbocycles. The predicted octanol–water partition coefficient (Wildman–Crippen LogP) is 1.81. The van der Waals surface area contributed by atoms with Crippen LogP contribution in [0.4, 0.5) is 0 Å². The van der Waals surface area contributed by atoms with Crippen LogP contribution in [0.15, 0.2) is 36.5 Å². The van der Waals surface area contributed by atoms with E-state index in [1.165, 1.54) is 0 Å². The van der Waals surface area contributed by atoms with Crippen molar-refractivity contribution < 1.29 is 9.53 Å². The molecule has 1 aromatic heterocycles. The van der Waals surface area contributed by atoms with Crippen LogP contribution in [0, 0.1) is 0 Å². The molecule has 0 fully saturated rings. The molecule has 2 heterocycles. The molecule has 2 aromatic rings. The van der Waals surface area contributed by atoms with Gasteiger partial charge >= 0.3 is 0 Å². The summed E-state index contributed by atoms with van der Waals surface area (Å²) < 4.78 is 5.57. The number of ether oxygens (including phenoxy) is 1. The van der Waals surface area contributed by atoms with Crippen molar-refractivity contribution in [1.82, 2.24) is 9.97 Å². The Bertz CT molecular complexity index is 569. The lowest BCUT2D eigenvalue weighted by Gasteiger charge is -2.06. The molecular formula is C13H10N2O2. The molecule has 17 heavy (non-hydrogen) atoms. The first-order valence-electron chi connectivity index (χ1n) is 5.38. The van der Waals surface area contributed by atoms with Gasteiger partial charge in [-0.2, -0.15) is 0 Å². The van der Waals surface area contributed by atoms with Crippen molar-refractivity contribution in [2.45, 2.75) is 5.92 Å². The molecule has 1 aromatic carbocycles. The van der Waals surface area contributed by atoms with Crippen LogP contribution in [-0.2, 0) is 0 Å². The van der Waals surface area contributed by atoms with E-state index in [1.807, 2.05) is 24.3 Å². The summed E-state index contributed by atoms with van der Waals surface area (Å²) in [6, 6.07) is 9.43. The van der Waals surface area contributed by atoms with Crippen molar-refractivity contribution in [1.29, 1.82) is 0 Å². The summed E-state index contributed by atoms with van der Waals surface area (Å²) in [7, 11) is 0. The van der Waals surface area contributed by atoms with Crippen LogP contribution in [0.3, 0.4) is 0 Å². The Balaban J connectivity index is 2.03. The zero-order valence-corrected chi connectivity index (χ0v) is 9.04. The number of carbonyl (C=O) groups excluding carboxylic acids is 1. The number of aldehydes is 1. The molecule has 4 nitrogen and oxygen atoms in total. The summed E-state index contributed by atoms with van der Waals surface area (Å²) in [5.74, 6) is 1.53. The summed E-state index contributed by atoms with van der Waals surface area (Å²) >= 11 is 0. The minimum absolute atomic E-state index is 0.0195. The van der Waals surface area contributed by atoms with Gasteiger partial charge < -0.3 is 4.74 Å². The maximum Gasteiger partial charge on any atom is 0.168 e. The summed E-state index contributed by atoms with van der Waals surface area (Å²) in [6.45, 7) is 0.529. The quantitative estimate of drug-likeness (QED) is 0.733. The number of fused-ring (bicyclic) bond motifs is 1. The molecule has 4 heteroatoms. The molecule has 3 rings (SSSR count). The second-order valence-electron chi connectivity index (χ2n) is 3.86. The Kier molecular flexibility index (Phi) is 2.33. The first-order valence-corrected chi connectivity index (χ1v) is 5.38. The molecule has 0 spiro atoms. The van der Waals surface area contributed by atoms with E-state index >= 15 is 0 Å². The zero-order valence-electron chi connectivity index (χ0n) is 9.04. The third kappa shape index (κ3) is 1.67. The van der Waals surface area contributed by atoms with Crippen molar-refractivity contribution in [3.05, 3.63) is 53.6 Å². The highest BCUT2D eigenvalue weighted by Gasteiger charge is 2.27. The van der Waals surface area contributed by atoms with Crippen molar-refractivity contribution in [2.75, 3.05) is 6.61 Å². The van der Waals surface area contributed by atoms with Gasteiger partial charge in [-0.25, -0.2) is 9.97 Å². The molecule has 1 aliphatic rings. The van der Waals surface area contributed by atoms with E-state index < -0.39 is 0 Å². The second kappa shape index (κ2) is 3.97. The van der Waals surface area contributed by atoms with Gasteiger partial charge in [-0.3, -0.25) is 4.79 Å². The fourth-order valence-electron chi connectivity index (χ4n) is 2.00. The molecule has 1 atom stereocenters. The molecule has 0 N–H and O–H groups in total. The van der Waals surface area contributed by atoms with Crippen molar-refractivity contribution in [3.8, 4) is 5.75 Å². The zero-order chi connectivity index (χ0) is 11.7. The van der Waals surface area contributed by atoms with E-state index in [1.54, 1.807) is 12.3 Å². The summed E-state index contributed by atoms with van der Waals surface area (Å²) in [4.78, 5) is 19.1.